The Kier molecular flexibility index (Phi) is 15.3. The Bertz CT molecular complexity index is 1600. The quantitative estimate of drug-likeness (QED) is 0.143. The summed E-state index contributed by atoms with van der Waals surface area (Å²) in [6.07, 6.45) is 7.85. The molecule has 0 amide bonds. The highest BCUT2D eigenvalue weighted by molar-refractivity contribution is 5.71. The van der Waals surface area contributed by atoms with E-state index in [9.17, 15) is 19.2 Å². The van der Waals surface area contributed by atoms with Crippen LogP contribution >= 0.6 is 0 Å². The Morgan fingerprint density at radius 3 is 2.00 bits per heavy atom. The number of hydrogen-bond acceptors (Lipinski definition) is 11. The number of rotatable bonds is 13. The van der Waals surface area contributed by atoms with Crippen LogP contribution in [-0.4, -0.2) is 61.8 Å². The molecule has 4 aliphatic rings. The van der Waals surface area contributed by atoms with Gasteiger partial charge in [-0.3, -0.25) is 19.2 Å². The standard InChI is InChI=1S/C42H57N3O8/c1-5-6-7-8-9-10-11-24-50-36(46)15-12-28(2)31-13-14-32-40-33(27-35(42(31,32)4)53-39(49)19-23-45)41(3)20-16-30(51-37(47)17-21-43)25-29(41)26-34(40)52-38(48)18-22-44/h28-35,40H,12-23,25-27,43-45H2,1-4H3/t28-,29+,30-,31-,32+,33+,34-,35+,40+,41+,42-/m1/s1. The van der Waals surface area contributed by atoms with E-state index >= 15 is 0 Å². The van der Waals surface area contributed by atoms with Gasteiger partial charge < -0.3 is 36.1 Å². The zero-order chi connectivity index (χ0) is 38.6. The molecule has 4 saturated carbocycles. The molecule has 11 heteroatoms. The summed E-state index contributed by atoms with van der Waals surface area (Å²) in [6, 6.07) is 0. The first-order valence-electron chi connectivity index (χ1n) is 19.2. The minimum Gasteiger partial charge on any atom is -0.462 e. The van der Waals surface area contributed by atoms with Gasteiger partial charge in [0, 0.05) is 55.1 Å². The van der Waals surface area contributed by atoms with Crippen LogP contribution in [0.25, 0.3) is 0 Å². The minimum atomic E-state index is -0.440. The fraction of sp³-hybridized carbons (Fsp3) is 0.714. The fourth-order valence-corrected chi connectivity index (χ4v) is 10.4. The molecule has 0 aromatic rings. The molecule has 0 aliphatic heterocycles. The summed E-state index contributed by atoms with van der Waals surface area (Å²) in [5.41, 5.74) is 16.6. The van der Waals surface area contributed by atoms with Gasteiger partial charge in [-0.05, 0) is 111 Å². The molecule has 11 nitrogen and oxygen atoms in total. The summed E-state index contributed by atoms with van der Waals surface area (Å²) in [5, 5.41) is 0. The van der Waals surface area contributed by atoms with Crippen LogP contribution in [0.1, 0.15) is 105 Å². The minimum absolute atomic E-state index is 0.0426. The van der Waals surface area contributed by atoms with E-state index in [0.717, 1.165) is 25.7 Å². The lowest BCUT2D eigenvalue weighted by Gasteiger charge is -2.64. The second-order valence-corrected chi connectivity index (χ2v) is 15.6. The van der Waals surface area contributed by atoms with Crippen molar-refractivity contribution in [2.75, 3.05) is 19.6 Å². The van der Waals surface area contributed by atoms with Crippen LogP contribution in [-0.2, 0) is 38.1 Å². The number of hydrogen-bond donors (Lipinski definition) is 3. The van der Waals surface area contributed by atoms with Crippen LogP contribution in [0.3, 0.4) is 0 Å². The summed E-state index contributed by atoms with van der Waals surface area (Å²) in [4.78, 5) is 51.4. The molecule has 11 atom stereocenters. The molecule has 0 aromatic carbocycles. The molecule has 0 unspecified atom stereocenters. The normalized spacial score (nSPS) is 32.7. The van der Waals surface area contributed by atoms with E-state index in [1.54, 1.807) is 6.92 Å². The lowest BCUT2D eigenvalue weighted by Crippen LogP contribution is -2.63. The fourth-order valence-electron chi connectivity index (χ4n) is 10.4. The van der Waals surface area contributed by atoms with E-state index in [1.807, 2.05) is 0 Å². The van der Waals surface area contributed by atoms with Crippen molar-refractivity contribution in [3.8, 4) is 47.5 Å². The number of ether oxygens (including phenoxy) is 4. The van der Waals surface area contributed by atoms with Gasteiger partial charge in [0.15, 0.2) is 0 Å². The Morgan fingerprint density at radius 1 is 0.717 bits per heavy atom. The van der Waals surface area contributed by atoms with E-state index in [1.165, 1.54) is 0 Å². The zero-order valence-electron chi connectivity index (χ0n) is 31.8. The molecule has 0 saturated heterocycles. The first-order chi connectivity index (χ1) is 25.4. The van der Waals surface area contributed by atoms with Crippen molar-refractivity contribution in [2.24, 2.45) is 63.5 Å². The molecule has 4 rings (SSSR count). The van der Waals surface area contributed by atoms with E-state index in [0.29, 0.717) is 25.7 Å². The molecule has 0 heterocycles. The maximum Gasteiger partial charge on any atom is 0.319 e. The molecular formula is C42H57N3O8. The van der Waals surface area contributed by atoms with E-state index in [-0.39, 0.29) is 122 Å². The molecule has 288 valence electrons. The topological polar surface area (TPSA) is 183 Å². The third-order valence-corrected chi connectivity index (χ3v) is 12.8. The molecule has 0 aromatic heterocycles. The van der Waals surface area contributed by atoms with Crippen molar-refractivity contribution < 1.29 is 38.1 Å². The van der Waals surface area contributed by atoms with Crippen molar-refractivity contribution in [1.29, 1.82) is 0 Å². The van der Waals surface area contributed by atoms with Gasteiger partial charge in [0.2, 0.25) is 0 Å². The van der Waals surface area contributed by atoms with Gasteiger partial charge in [0.1, 0.15) is 24.4 Å². The zero-order valence-corrected chi connectivity index (χ0v) is 31.8. The monoisotopic (exact) mass is 731 g/mol. The van der Waals surface area contributed by atoms with Crippen LogP contribution in [0, 0.1) is 93.9 Å². The summed E-state index contributed by atoms with van der Waals surface area (Å²) < 4.78 is 23.7. The summed E-state index contributed by atoms with van der Waals surface area (Å²) in [6.45, 7) is 9.02. The number of fused-ring (bicyclic) bond motifs is 5. The second-order valence-electron chi connectivity index (χ2n) is 15.6. The predicted molar refractivity (Wildman–Crippen MR) is 198 cm³/mol. The Morgan fingerprint density at radius 2 is 1.34 bits per heavy atom. The van der Waals surface area contributed by atoms with Crippen molar-refractivity contribution >= 4 is 23.9 Å². The van der Waals surface area contributed by atoms with Gasteiger partial charge in [-0.2, -0.15) is 0 Å². The Labute approximate surface area is 315 Å². The van der Waals surface area contributed by atoms with E-state index in [4.69, 9.17) is 36.1 Å². The van der Waals surface area contributed by atoms with Crippen molar-refractivity contribution in [3.05, 3.63) is 0 Å². The molecule has 0 bridgehead atoms. The van der Waals surface area contributed by atoms with Gasteiger partial charge >= 0.3 is 23.9 Å². The maximum atomic E-state index is 13.2. The van der Waals surface area contributed by atoms with E-state index in [2.05, 4.69) is 68.3 Å². The maximum absolute atomic E-state index is 13.2. The lowest BCUT2D eigenvalue weighted by atomic mass is 9.43. The molecule has 6 N–H and O–H groups in total. The van der Waals surface area contributed by atoms with Crippen LogP contribution in [0.15, 0.2) is 0 Å². The Hall–Kier alpha value is -4.00. The van der Waals surface area contributed by atoms with Crippen molar-refractivity contribution in [3.63, 3.8) is 0 Å². The third-order valence-electron chi connectivity index (χ3n) is 12.8. The second kappa shape index (κ2) is 19.4. The lowest BCUT2D eigenvalue weighted by molar-refractivity contribution is -0.225. The smallest absolute Gasteiger partial charge is 0.319 e. The summed E-state index contributed by atoms with van der Waals surface area (Å²) >= 11 is 0. The highest BCUT2D eigenvalue weighted by atomic mass is 16.6. The molecule has 0 spiro atoms. The first kappa shape index (κ1) is 41.8. The predicted octanol–water partition coefficient (Wildman–Crippen LogP) is 3.60. The Balaban J connectivity index is 1.60. The number of carbonyl (C=O) groups excluding carboxylic acids is 4. The largest absolute Gasteiger partial charge is 0.462 e. The summed E-state index contributed by atoms with van der Waals surface area (Å²) in [7, 11) is 0. The van der Waals surface area contributed by atoms with E-state index < -0.39 is 11.4 Å². The number of nitrogens with two attached hydrogens (primary N) is 3. The van der Waals surface area contributed by atoms with Crippen molar-refractivity contribution in [2.45, 2.75) is 123 Å². The van der Waals surface area contributed by atoms with Gasteiger partial charge in [-0.15, -0.1) is 0 Å². The molecular weight excluding hydrogens is 674 g/mol. The first-order valence-corrected chi connectivity index (χ1v) is 19.2. The number of carbonyl (C=O) groups is 4. The van der Waals surface area contributed by atoms with Gasteiger partial charge in [0.05, 0.1) is 19.3 Å². The van der Waals surface area contributed by atoms with Gasteiger partial charge in [-0.25, -0.2) is 0 Å². The SMILES string of the molecule is CC#CC#CC#CC#COC(=O)CC[C@@H](C)[C@H]1CC[C@H]2[C@@H]3[C@H](OC(=O)CCN)C[C@@H]4C[C@H](OC(=O)CCN)CC[C@]4(C)[C@H]3C[C@H](OC(=O)CCN)[C@]12C. The molecule has 4 fully saturated rings. The average molecular weight is 732 g/mol. The van der Waals surface area contributed by atoms with Crippen LogP contribution in [0.4, 0.5) is 0 Å². The van der Waals surface area contributed by atoms with Gasteiger partial charge in [0.25, 0.3) is 0 Å². The molecule has 4 aliphatic carbocycles. The highest BCUT2D eigenvalue weighted by Crippen LogP contribution is 2.69. The molecule has 53 heavy (non-hydrogen) atoms. The third kappa shape index (κ3) is 9.96. The molecule has 0 radical (unpaired) electrons. The van der Waals surface area contributed by atoms with Gasteiger partial charge in [-0.1, -0.05) is 26.7 Å². The number of esters is 4. The summed E-state index contributed by atoms with van der Waals surface area (Å²) in [5.74, 6) is 17.1. The van der Waals surface area contributed by atoms with Crippen LogP contribution < -0.4 is 17.2 Å². The average Bonchev–Trinajstić information content (AvgIpc) is 3.47. The van der Waals surface area contributed by atoms with Crippen LogP contribution in [0.5, 0.6) is 0 Å². The highest BCUT2D eigenvalue weighted by Gasteiger charge is 2.67. The van der Waals surface area contributed by atoms with Crippen LogP contribution in [0.2, 0.25) is 0 Å². The van der Waals surface area contributed by atoms with Crippen molar-refractivity contribution in [1.82, 2.24) is 0 Å².